The fraction of sp³-hybridized carbons (Fsp3) is 0.409. The van der Waals surface area contributed by atoms with Gasteiger partial charge in [-0.05, 0) is 50.5 Å². The number of unbranched alkanes of at least 4 members (excludes halogenated alkanes) is 1. The Morgan fingerprint density at radius 2 is 1.89 bits per heavy atom. The van der Waals surface area contributed by atoms with Crippen molar-refractivity contribution < 1.29 is 14.3 Å². The molecule has 0 spiro atoms. The summed E-state index contributed by atoms with van der Waals surface area (Å²) in [7, 11) is 1.53. The van der Waals surface area contributed by atoms with Gasteiger partial charge in [-0.15, -0.1) is 0 Å². The molecule has 0 saturated heterocycles. The lowest BCUT2D eigenvalue weighted by atomic mass is 10.0. The minimum Gasteiger partial charge on any atom is -0.496 e. The Balaban J connectivity index is 1.97. The number of halogens is 1. The molecule has 0 N–H and O–H groups in total. The number of carbonyl (C=O) groups excluding carboxylic acids is 1. The molecule has 0 bridgehead atoms. The van der Waals surface area contributed by atoms with Crippen LogP contribution in [0.2, 0.25) is 5.02 Å². The number of hydrogen-bond donors (Lipinski definition) is 0. The number of hydrogen-bond acceptors (Lipinski definition) is 3. The zero-order valence-corrected chi connectivity index (χ0v) is 18.0. The maximum absolute atomic E-state index is 12.7. The van der Waals surface area contributed by atoms with Crippen molar-refractivity contribution in [1.82, 2.24) is 0 Å². The molecular formula is C22H28ClO3P. The first-order valence-corrected chi connectivity index (χ1v) is 10.8. The molecular weight excluding hydrogens is 379 g/mol. The van der Waals surface area contributed by atoms with Crippen LogP contribution in [0.25, 0.3) is 0 Å². The van der Waals surface area contributed by atoms with Crippen LogP contribution in [0.3, 0.4) is 0 Å². The van der Waals surface area contributed by atoms with Gasteiger partial charge in [-0.3, -0.25) is 4.79 Å². The minimum absolute atomic E-state index is 0.0137. The molecule has 0 radical (unpaired) electrons. The highest BCUT2D eigenvalue weighted by Crippen LogP contribution is 2.32. The summed E-state index contributed by atoms with van der Waals surface area (Å²) in [6.45, 7) is 5.17. The molecule has 2 aromatic carbocycles. The van der Waals surface area contributed by atoms with Crippen LogP contribution < -0.4 is 14.8 Å². The summed E-state index contributed by atoms with van der Waals surface area (Å²) in [5.41, 5.74) is 0.416. The predicted molar refractivity (Wildman–Crippen MR) is 116 cm³/mol. The molecule has 2 aromatic rings. The molecule has 0 aromatic heterocycles. The quantitative estimate of drug-likeness (QED) is 0.424. The first-order chi connectivity index (χ1) is 13.1. The molecule has 0 aliphatic carbocycles. The molecule has 0 aliphatic heterocycles. The van der Waals surface area contributed by atoms with E-state index in [1.54, 1.807) is 25.3 Å². The van der Waals surface area contributed by atoms with Gasteiger partial charge < -0.3 is 9.47 Å². The summed E-state index contributed by atoms with van der Waals surface area (Å²) in [6.07, 6.45) is 4.81. The maximum Gasteiger partial charge on any atom is 0.190 e. The van der Waals surface area contributed by atoms with Gasteiger partial charge in [0, 0.05) is 0 Å². The van der Waals surface area contributed by atoms with Crippen LogP contribution in [-0.4, -0.2) is 19.2 Å². The zero-order valence-electron chi connectivity index (χ0n) is 16.3. The van der Waals surface area contributed by atoms with Crippen LogP contribution in [0.15, 0.2) is 42.5 Å². The summed E-state index contributed by atoms with van der Waals surface area (Å²) in [4.78, 5) is 12.7. The van der Waals surface area contributed by atoms with Crippen molar-refractivity contribution in [3.8, 4) is 11.5 Å². The van der Waals surface area contributed by atoms with Gasteiger partial charge in [0.15, 0.2) is 5.52 Å². The second-order valence-electron chi connectivity index (χ2n) is 6.52. The van der Waals surface area contributed by atoms with Crippen molar-refractivity contribution in [1.29, 1.82) is 0 Å². The lowest BCUT2D eigenvalue weighted by molar-refractivity contribution is 0.108. The smallest absolute Gasteiger partial charge is 0.190 e. The van der Waals surface area contributed by atoms with E-state index in [9.17, 15) is 4.79 Å². The standard InChI is InChI=1S/C22H28ClO3P/c1-4-6-8-16(5-2)15-26-17-11-13-18(14-12-17)27-22(24)21-19(23)9-7-10-20(21)25-3/h7,9-14,16,27H,4-6,8,15H2,1-3H3. The van der Waals surface area contributed by atoms with Crippen molar-refractivity contribution in [3.63, 3.8) is 0 Å². The molecule has 0 heterocycles. The first-order valence-electron chi connectivity index (χ1n) is 9.45. The van der Waals surface area contributed by atoms with E-state index in [-0.39, 0.29) is 14.1 Å². The Kier molecular flexibility index (Phi) is 9.10. The van der Waals surface area contributed by atoms with Gasteiger partial charge in [0.2, 0.25) is 0 Å². The van der Waals surface area contributed by atoms with Crippen LogP contribution in [0.1, 0.15) is 49.9 Å². The van der Waals surface area contributed by atoms with Gasteiger partial charge in [-0.25, -0.2) is 0 Å². The summed E-state index contributed by atoms with van der Waals surface area (Å²) >= 11 is 6.20. The molecule has 3 nitrogen and oxygen atoms in total. The Bertz CT molecular complexity index is 731. The molecule has 0 saturated carbocycles. The Morgan fingerprint density at radius 1 is 1.15 bits per heavy atom. The first kappa shape index (κ1) is 21.7. The van der Waals surface area contributed by atoms with Crippen LogP contribution >= 0.6 is 20.2 Å². The van der Waals surface area contributed by atoms with Gasteiger partial charge in [0.25, 0.3) is 0 Å². The Hall–Kier alpha value is -1.57. The van der Waals surface area contributed by atoms with Crippen LogP contribution in [0.5, 0.6) is 11.5 Å². The maximum atomic E-state index is 12.7. The second kappa shape index (κ2) is 11.3. The Labute approximate surface area is 169 Å². The van der Waals surface area contributed by atoms with E-state index >= 15 is 0 Å². The van der Waals surface area contributed by atoms with Gasteiger partial charge in [0.05, 0.1) is 24.3 Å². The molecule has 2 atom stereocenters. The normalized spacial score (nSPS) is 12.3. The minimum atomic E-state index is -0.0308. The Morgan fingerprint density at radius 3 is 2.52 bits per heavy atom. The van der Waals surface area contributed by atoms with E-state index in [0.29, 0.717) is 22.3 Å². The predicted octanol–water partition coefficient (Wildman–Crippen LogP) is 6.09. The lowest BCUT2D eigenvalue weighted by Gasteiger charge is -2.15. The molecule has 5 heteroatoms. The molecule has 2 rings (SSSR count). The number of methoxy groups -OCH3 is 1. The number of benzene rings is 2. The van der Waals surface area contributed by atoms with E-state index < -0.39 is 0 Å². The number of ether oxygens (including phenoxy) is 2. The van der Waals surface area contributed by atoms with E-state index in [4.69, 9.17) is 21.1 Å². The number of carbonyl (C=O) groups is 1. The second-order valence-corrected chi connectivity index (χ2v) is 8.21. The third-order valence-corrected chi connectivity index (χ3v) is 5.98. The van der Waals surface area contributed by atoms with Gasteiger partial charge >= 0.3 is 0 Å². The van der Waals surface area contributed by atoms with Gasteiger partial charge in [0.1, 0.15) is 11.5 Å². The highest BCUT2D eigenvalue weighted by Gasteiger charge is 2.17. The molecule has 2 unspecified atom stereocenters. The van der Waals surface area contributed by atoms with Crippen LogP contribution in [0.4, 0.5) is 0 Å². The van der Waals surface area contributed by atoms with E-state index in [0.717, 1.165) is 24.1 Å². The monoisotopic (exact) mass is 406 g/mol. The average molecular weight is 407 g/mol. The largest absolute Gasteiger partial charge is 0.496 e. The van der Waals surface area contributed by atoms with Crippen molar-refractivity contribution in [2.45, 2.75) is 39.5 Å². The van der Waals surface area contributed by atoms with Crippen molar-refractivity contribution >= 4 is 31.0 Å². The topological polar surface area (TPSA) is 35.5 Å². The zero-order chi connectivity index (χ0) is 19.6. The van der Waals surface area contributed by atoms with Gasteiger partial charge in [-0.1, -0.05) is 62.9 Å². The van der Waals surface area contributed by atoms with E-state index in [1.165, 1.54) is 19.3 Å². The van der Waals surface area contributed by atoms with Gasteiger partial charge in [-0.2, -0.15) is 0 Å². The lowest BCUT2D eigenvalue weighted by Crippen LogP contribution is -2.11. The highest BCUT2D eigenvalue weighted by atomic mass is 35.5. The average Bonchev–Trinajstić information content (AvgIpc) is 2.68. The SMILES string of the molecule is CCCCC(CC)COc1ccc(PC(=O)c2c(Cl)cccc2OC)cc1. The summed E-state index contributed by atoms with van der Waals surface area (Å²) in [6, 6.07) is 13.0. The molecule has 0 fully saturated rings. The van der Waals surface area contributed by atoms with Crippen molar-refractivity contribution in [2.75, 3.05) is 13.7 Å². The van der Waals surface area contributed by atoms with E-state index in [1.807, 2.05) is 24.3 Å². The van der Waals surface area contributed by atoms with Crippen LogP contribution in [0, 0.1) is 5.92 Å². The third-order valence-electron chi connectivity index (χ3n) is 4.56. The summed E-state index contributed by atoms with van der Waals surface area (Å²) in [5, 5.41) is 1.37. The number of rotatable bonds is 11. The molecule has 146 valence electrons. The van der Waals surface area contributed by atoms with Crippen molar-refractivity contribution in [2.24, 2.45) is 5.92 Å². The van der Waals surface area contributed by atoms with Crippen molar-refractivity contribution in [3.05, 3.63) is 53.1 Å². The summed E-state index contributed by atoms with van der Waals surface area (Å²) in [5.74, 6) is 1.96. The van der Waals surface area contributed by atoms with E-state index in [2.05, 4.69) is 13.8 Å². The molecule has 0 amide bonds. The molecule has 0 aliphatic rings. The molecule has 27 heavy (non-hydrogen) atoms. The highest BCUT2D eigenvalue weighted by molar-refractivity contribution is 7.66. The fourth-order valence-electron chi connectivity index (χ4n) is 2.84. The summed E-state index contributed by atoms with van der Waals surface area (Å²) < 4.78 is 11.2. The van der Waals surface area contributed by atoms with Crippen LogP contribution in [-0.2, 0) is 0 Å². The fourth-order valence-corrected chi connectivity index (χ4v) is 4.14. The third kappa shape index (κ3) is 6.52.